The zero-order valence-electron chi connectivity index (χ0n) is 15.2. The number of carbonyl (C=O) groups excluding carboxylic acids is 1. The highest BCUT2D eigenvalue weighted by Crippen LogP contribution is 2.21. The quantitative estimate of drug-likeness (QED) is 0.427. The van der Waals surface area contributed by atoms with E-state index in [2.05, 4.69) is 17.1 Å². The minimum Gasteiger partial charge on any atom is -0.497 e. The van der Waals surface area contributed by atoms with Gasteiger partial charge in [0.2, 0.25) is 5.82 Å². The molecular formula is C20H20N2O4S. The van der Waals surface area contributed by atoms with E-state index in [1.165, 1.54) is 17.3 Å². The first-order chi connectivity index (χ1) is 13.2. The number of aryl methyl sites for hydroxylation is 1. The molecule has 0 amide bonds. The molecule has 27 heavy (non-hydrogen) atoms. The van der Waals surface area contributed by atoms with Crippen LogP contribution in [0.25, 0.3) is 11.4 Å². The first kappa shape index (κ1) is 19.0. The summed E-state index contributed by atoms with van der Waals surface area (Å²) < 4.78 is 15.5. The molecule has 0 aliphatic heterocycles. The number of aromatic nitrogens is 2. The molecule has 1 aromatic heterocycles. The fourth-order valence-electron chi connectivity index (χ4n) is 2.32. The Kier molecular flexibility index (Phi) is 6.49. The van der Waals surface area contributed by atoms with Gasteiger partial charge < -0.3 is 14.0 Å². The van der Waals surface area contributed by atoms with Crippen molar-refractivity contribution in [1.82, 2.24) is 10.1 Å². The Morgan fingerprint density at radius 2 is 1.85 bits per heavy atom. The lowest BCUT2D eigenvalue weighted by Gasteiger charge is -2.03. The lowest BCUT2D eigenvalue weighted by atomic mass is 10.1. The molecule has 0 aliphatic rings. The summed E-state index contributed by atoms with van der Waals surface area (Å²) >= 11 is 1.39. The van der Waals surface area contributed by atoms with Crippen molar-refractivity contribution in [2.75, 3.05) is 12.9 Å². The van der Waals surface area contributed by atoms with E-state index in [4.69, 9.17) is 14.0 Å². The average Bonchev–Trinajstić information content (AvgIpc) is 3.20. The van der Waals surface area contributed by atoms with E-state index >= 15 is 0 Å². The largest absolute Gasteiger partial charge is 0.497 e. The minimum absolute atomic E-state index is 0.0396. The maximum absolute atomic E-state index is 11.9. The molecule has 0 saturated heterocycles. The highest BCUT2D eigenvalue weighted by atomic mass is 32.2. The Morgan fingerprint density at radius 1 is 1.11 bits per heavy atom. The molecule has 0 N–H and O–H groups in total. The second-order valence-corrected chi connectivity index (χ2v) is 6.74. The second-order valence-electron chi connectivity index (χ2n) is 5.69. The van der Waals surface area contributed by atoms with E-state index in [9.17, 15) is 4.79 Å². The predicted octanol–water partition coefficient (Wildman–Crippen LogP) is 4.14. The fourth-order valence-corrected chi connectivity index (χ4v) is 3.01. The number of thioether (sulfide) groups is 1. The van der Waals surface area contributed by atoms with Gasteiger partial charge in [0.05, 0.1) is 12.9 Å². The molecule has 1 heterocycles. The molecule has 0 aliphatic carbocycles. The summed E-state index contributed by atoms with van der Waals surface area (Å²) in [4.78, 5) is 17.1. The van der Waals surface area contributed by atoms with Crippen LogP contribution in [0.1, 0.15) is 18.4 Å². The monoisotopic (exact) mass is 384 g/mol. The van der Waals surface area contributed by atoms with Crippen LogP contribution in [-0.4, -0.2) is 29.0 Å². The summed E-state index contributed by atoms with van der Waals surface area (Å²) in [5.41, 5.74) is 2.11. The van der Waals surface area contributed by atoms with E-state index in [-0.39, 0.29) is 24.2 Å². The number of benzene rings is 2. The highest BCUT2D eigenvalue weighted by molar-refractivity contribution is 8.00. The number of esters is 1. The number of methoxy groups -OCH3 is 1. The van der Waals surface area contributed by atoms with Crippen molar-refractivity contribution in [2.45, 2.75) is 24.8 Å². The van der Waals surface area contributed by atoms with Gasteiger partial charge in [-0.3, -0.25) is 4.79 Å². The molecule has 0 atom stereocenters. The molecule has 3 rings (SSSR count). The lowest BCUT2D eigenvalue weighted by molar-refractivity contribution is -0.142. The SMILES string of the molecule is CCc1ccc(-c2noc(COC(=O)CSc3ccc(OC)cc3)n2)cc1. The Balaban J connectivity index is 1.47. The predicted molar refractivity (Wildman–Crippen MR) is 103 cm³/mol. The third-order valence-corrected chi connectivity index (χ3v) is 4.85. The van der Waals surface area contributed by atoms with Gasteiger partial charge in [0.1, 0.15) is 5.75 Å². The van der Waals surface area contributed by atoms with Crippen molar-refractivity contribution < 1.29 is 18.8 Å². The summed E-state index contributed by atoms with van der Waals surface area (Å²) in [7, 11) is 1.61. The number of hydrogen-bond acceptors (Lipinski definition) is 7. The van der Waals surface area contributed by atoms with Crippen molar-refractivity contribution in [3.05, 3.63) is 60.0 Å². The number of hydrogen-bond donors (Lipinski definition) is 0. The van der Waals surface area contributed by atoms with Crippen molar-refractivity contribution in [3.8, 4) is 17.1 Å². The van der Waals surface area contributed by atoms with Gasteiger partial charge >= 0.3 is 5.97 Å². The standard InChI is InChI=1S/C20H20N2O4S/c1-3-14-4-6-15(7-5-14)20-21-18(26-22-20)12-25-19(23)13-27-17-10-8-16(24-2)9-11-17/h4-11H,3,12-13H2,1-2H3. The van der Waals surface area contributed by atoms with Crippen LogP contribution < -0.4 is 4.74 Å². The minimum atomic E-state index is -0.345. The molecule has 0 saturated carbocycles. The Hall–Kier alpha value is -2.80. The summed E-state index contributed by atoms with van der Waals surface area (Å²) in [5, 5.41) is 3.94. The average molecular weight is 384 g/mol. The van der Waals surface area contributed by atoms with E-state index in [0.29, 0.717) is 5.82 Å². The van der Waals surface area contributed by atoms with E-state index in [1.54, 1.807) is 7.11 Å². The molecule has 2 aromatic carbocycles. The molecule has 6 nitrogen and oxygen atoms in total. The zero-order chi connectivity index (χ0) is 19.1. The number of nitrogens with zero attached hydrogens (tertiary/aromatic N) is 2. The van der Waals surface area contributed by atoms with Crippen LogP contribution in [0.3, 0.4) is 0 Å². The summed E-state index contributed by atoms with van der Waals surface area (Å²) in [6.07, 6.45) is 0.974. The van der Waals surface area contributed by atoms with Crippen LogP contribution in [0.15, 0.2) is 57.9 Å². The van der Waals surface area contributed by atoms with Crippen LogP contribution in [0.2, 0.25) is 0 Å². The summed E-state index contributed by atoms with van der Waals surface area (Å²) in [6.45, 7) is 2.06. The van der Waals surface area contributed by atoms with Gasteiger partial charge in [-0.15, -0.1) is 11.8 Å². The van der Waals surface area contributed by atoms with Crippen molar-refractivity contribution >= 4 is 17.7 Å². The Morgan fingerprint density at radius 3 is 2.52 bits per heavy atom. The van der Waals surface area contributed by atoms with E-state index in [0.717, 1.165) is 22.6 Å². The molecule has 0 spiro atoms. The van der Waals surface area contributed by atoms with Crippen LogP contribution in [0, 0.1) is 0 Å². The molecule has 0 fully saturated rings. The topological polar surface area (TPSA) is 74.5 Å². The highest BCUT2D eigenvalue weighted by Gasteiger charge is 2.11. The van der Waals surface area contributed by atoms with Crippen molar-refractivity contribution in [2.24, 2.45) is 0 Å². The van der Waals surface area contributed by atoms with E-state index in [1.807, 2.05) is 48.5 Å². The molecule has 3 aromatic rings. The van der Waals surface area contributed by atoms with Gasteiger partial charge in [0.25, 0.3) is 5.89 Å². The number of rotatable bonds is 8. The molecule has 0 unspecified atom stereocenters. The lowest BCUT2D eigenvalue weighted by Crippen LogP contribution is -2.07. The fraction of sp³-hybridized carbons (Fsp3) is 0.250. The molecule has 7 heteroatoms. The smallest absolute Gasteiger partial charge is 0.316 e. The Bertz CT molecular complexity index is 876. The summed E-state index contributed by atoms with van der Waals surface area (Å²) in [5.74, 6) is 1.39. The van der Waals surface area contributed by atoms with Crippen molar-refractivity contribution in [1.29, 1.82) is 0 Å². The second kappa shape index (κ2) is 9.23. The van der Waals surface area contributed by atoms with Gasteiger partial charge in [-0.2, -0.15) is 4.98 Å². The first-order valence-corrected chi connectivity index (χ1v) is 9.51. The van der Waals surface area contributed by atoms with Crippen LogP contribution in [-0.2, 0) is 22.6 Å². The maximum atomic E-state index is 11.9. The number of carbonyl (C=O) groups is 1. The first-order valence-electron chi connectivity index (χ1n) is 8.52. The van der Waals surface area contributed by atoms with Gasteiger partial charge in [0, 0.05) is 10.5 Å². The molecular weight excluding hydrogens is 364 g/mol. The van der Waals surface area contributed by atoms with Gasteiger partial charge in [-0.05, 0) is 36.2 Å². The van der Waals surface area contributed by atoms with E-state index < -0.39 is 0 Å². The molecule has 140 valence electrons. The summed E-state index contributed by atoms with van der Waals surface area (Å²) in [6, 6.07) is 15.4. The zero-order valence-corrected chi connectivity index (χ0v) is 16.0. The van der Waals surface area contributed by atoms with Gasteiger partial charge in [-0.1, -0.05) is 36.3 Å². The third kappa shape index (κ3) is 5.34. The van der Waals surface area contributed by atoms with Crippen molar-refractivity contribution in [3.63, 3.8) is 0 Å². The maximum Gasteiger partial charge on any atom is 0.316 e. The van der Waals surface area contributed by atoms with Crippen LogP contribution >= 0.6 is 11.8 Å². The normalized spacial score (nSPS) is 10.6. The van der Waals surface area contributed by atoms with Crippen LogP contribution in [0.4, 0.5) is 0 Å². The third-order valence-electron chi connectivity index (χ3n) is 3.86. The Labute approximate surface area is 161 Å². The molecule has 0 bridgehead atoms. The molecule has 0 radical (unpaired) electrons. The van der Waals surface area contributed by atoms with Gasteiger partial charge in [0.15, 0.2) is 6.61 Å². The van der Waals surface area contributed by atoms with Crippen LogP contribution in [0.5, 0.6) is 5.75 Å². The van der Waals surface area contributed by atoms with Gasteiger partial charge in [-0.25, -0.2) is 0 Å². The number of ether oxygens (including phenoxy) is 2.